The Morgan fingerprint density at radius 2 is 1.75 bits per heavy atom. The molecule has 0 saturated heterocycles. The van der Waals surface area contributed by atoms with Crippen LogP contribution in [0.15, 0.2) is 0 Å². The van der Waals surface area contributed by atoms with Gasteiger partial charge in [0.25, 0.3) is 0 Å². The summed E-state index contributed by atoms with van der Waals surface area (Å²) in [6, 6.07) is 0. The molecule has 0 heterocycles. The van der Waals surface area contributed by atoms with E-state index in [-0.39, 0.29) is 12.3 Å². The van der Waals surface area contributed by atoms with Gasteiger partial charge in [0.2, 0.25) is 6.43 Å². The Kier molecular flexibility index (Phi) is 3.96. The van der Waals surface area contributed by atoms with Crippen LogP contribution >= 0.6 is 0 Å². The van der Waals surface area contributed by atoms with Crippen LogP contribution in [0.2, 0.25) is 0 Å². The molecule has 0 radical (unpaired) electrons. The quantitative estimate of drug-likeness (QED) is 0.612. The minimum Gasteiger partial charge on any atom is -0.211 e. The van der Waals surface area contributed by atoms with Crippen molar-refractivity contribution in [1.82, 2.24) is 0 Å². The molecule has 0 aromatic heterocycles. The second kappa shape index (κ2) is 4.78. The van der Waals surface area contributed by atoms with Crippen LogP contribution in [0.3, 0.4) is 0 Å². The van der Waals surface area contributed by atoms with Crippen molar-refractivity contribution >= 4 is 0 Å². The summed E-state index contributed by atoms with van der Waals surface area (Å²) < 4.78 is 24.1. The second-order valence-corrected chi connectivity index (χ2v) is 4.00. The number of alkyl halides is 2. The van der Waals surface area contributed by atoms with Crippen LogP contribution in [-0.4, -0.2) is 6.43 Å². The molecule has 1 aliphatic carbocycles. The summed E-state index contributed by atoms with van der Waals surface area (Å²) in [5.74, 6) is 0.804. The van der Waals surface area contributed by atoms with Crippen LogP contribution < -0.4 is 0 Å². The van der Waals surface area contributed by atoms with E-state index in [4.69, 9.17) is 0 Å². The molecule has 0 amide bonds. The van der Waals surface area contributed by atoms with Crippen LogP contribution in [-0.2, 0) is 0 Å². The highest BCUT2D eigenvalue weighted by Gasteiger charge is 2.22. The molecule has 1 aliphatic rings. The predicted octanol–water partition coefficient (Wildman–Crippen LogP) is 3.86. The van der Waals surface area contributed by atoms with Crippen molar-refractivity contribution in [2.24, 2.45) is 11.8 Å². The molecule has 0 aromatic carbocycles. The molecule has 0 aromatic rings. The fourth-order valence-corrected chi connectivity index (χ4v) is 2.18. The molecule has 1 saturated carbocycles. The summed E-state index contributed by atoms with van der Waals surface area (Å²) in [7, 11) is 0. The fraction of sp³-hybridized carbons (Fsp3) is 1.00. The van der Waals surface area contributed by atoms with Gasteiger partial charge in [-0.05, 0) is 11.8 Å². The monoisotopic (exact) mass is 176 g/mol. The lowest BCUT2D eigenvalue weighted by Gasteiger charge is -2.27. The van der Waals surface area contributed by atoms with E-state index in [9.17, 15) is 8.78 Å². The van der Waals surface area contributed by atoms with Gasteiger partial charge < -0.3 is 0 Å². The van der Waals surface area contributed by atoms with Crippen molar-refractivity contribution in [3.63, 3.8) is 0 Å². The third-order valence-electron chi connectivity index (χ3n) is 3.00. The summed E-state index contributed by atoms with van der Waals surface area (Å²) in [6.45, 7) is 1.97. The van der Waals surface area contributed by atoms with Crippen LogP contribution in [0.5, 0.6) is 0 Å². The summed E-state index contributed by atoms with van der Waals surface area (Å²) in [6.07, 6.45) is 4.14. The standard InChI is InChI=1S/C10H18F2/c1-8(7-10(11)12)9-5-3-2-4-6-9/h8-10H,2-7H2,1H3. The average molecular weight is 176 g/mol. The Bertz CT molecular complexity index is 117. The molecule has 72 valence electrons. The van der Waals surface area contributed by atoms with Crippen molar-refractivity contribution in [1.29, 1.82) is 0 Å². The number of hydrogen-bond donors (Lipinski definition) is 0. The maximum absolute atomic E-state index is 12.0. The van der Waals surface area contributed by atoms with Gasteiger partial charge in [0.15, 0.2) is 0 Å². The lowest BCUT2D eigenvalue weighted by atomic mass is 9.79. The SMILES string of the molecule is CC(CC(F)F)C1CCCCC1. The Morgan fingerprint density at radius 3 is 2.25 bits per heavy atom. The molecule has 1 rings (SSSR count). The average Bonchev–Trinajstić information content (AvgIpc) is 2.05. The summed E-state index contributed by atoms with van der Waals surface area (Å²) >= 11 is 0. The molecular weight excluding hydrogens is 158 g/mol. The number of hydrogen-bond acceptors (Lipinski definition) is 0. The zero-order valence-corrected chi connectivity index (χ0v) is 7.73. The van der Waals surface area contributed by atoms with Crippen LogP contribution in [0, 0.1) is 11.8 Å². The third-order valence-corrected chi connectivity index (χ3v) is 3.00. The van der Waals surface area contributed by atoms with Crippen LogP contribution in [0.25, 0.3) is 0 Å². The van der Waals surface area contributed by atoms with E-state index in [1.807, 2.05) is 6.92 Å². The van der Waals surface area contributed by atoms with Gasteiger partial charge in [-0.25, -0.2) is 8.78 Å². The lowest BCUT2D eigenvalue weighted by molar-refractivity contribution is 0.0947. The first-order valence-corrected chi connectivity index (χ1v) is 4.98. The van der Waals surface area contributed by atoms with Crippen molar-refractivity contribution in [3.05, 3.63) is 0 Å². The Balaban J connectivity index is 2.24. The lowest BCUT2D eigenvalue weighted by Crippen LogP contribution is -2.17. The molecule has 1 fully saturated rings. The maximum Gasteiger partial charge on any atom is 0.238 e. The highest BCUT2D eigenvalue weighted by molar-refractivity contribution is 4.71. The first-order valence-electron chi connectivity index (χ1n) is 4.98. The molecule has 2 heteroatoms. The van der Waals surface area contributed by atoms with E-state index in [2.05, 4.69) is 0 Å². The molecule has 0 bridgehead atoms. The first-order chi connectivity index (χ1) is 5.70. The second-order valence-electron chi connectivity index (χ2n) is 4.00. The van der Waals surface area contributed by atoms with E-state index in [0.29, 0.717) is 5.92 Å². The largest absolute Gasteiger partial charge is 0.238 e. The van der Waals surface area contributed by atoms with E-state index < -0.39 is 6.43 Å². The molecule has 0 nitrogen and oxygen atoms in total. The molecule has 0 aliphatic heterocycles. The summed E-state index contributed by atoms with van der Waals surface area (Å²) in [5, 5.41) is 0. The van der Waals surface area contributed by atoms with Crippen molar-refractivity contribution in [3.8, 4) is 0 Å². The maximum atomic E-state index is 12.0. The Morgan fingerprint density at radius 1 is 1.17 bits per heavy atom. The van der Waals surface area contributed by atoms with Gasteiger partial charge in [-0.2, -0.15) is 0 Å². The van der Waals surface area contributed by atoms with Gasteiger partial charge >= 0.3 is 0 Å². The van der Waals surface area contributed by atoms with E-state index in [0.717, 1.165) is 0 Å². The highest BCUT2D eigenvalue weighted by Crippen LogP contribution is 2.32. The van der Waals surface area contributed by atoms with Gasteiger partial charge in [-0.15, -0.1) is 0 Å². The minimum absolute atomic E-state index is 0.102. The predicted molar refractivity (Wildman–Crippen MR) is 46.4 cm³/mol. The highest BCUT2D eigenvalue weighted by atomic mass is 19.3. The van der Waals surface area contributed by atoms with E-state index in [1.165, 1.54) is 32.1 Å². The van der Waals surface area contributed by atoms with Gasteiger partial charge in [0.05, 0.1) is 0 Å². The summed E-state index contributed by atoms with van der Waals surface area (Å²) in [5.41, 5.74) is 0. The Labute approximate surface area is 73.3 Å². The molecule has 0 N–H and O–H groups in total. The molecular formula is C10H18F2. The van der Waals surface area contributed by atoms with Gasteiger partial charge in [0.1, 0.15) is 0 Å². The van der Waals surface area contributed by atoms with Crippen molar-refractivity contribution < 1.29 is 8.78 Å². The summed E-state index contributed by atoms with van der Waals surface area (Å²) in [4.78, 5) is 0. The van der Waals surface area contributed by atoms with E-state index >= 15 is 0 Å². The molecule has 12 heavy (non-hydrogen) atoms. The Hall–Kier alpha value is -0.140. The van der Waals surface area contributed by atoms with Gasteiger partial charge in [-0.3, -0.25) is 0 Å². The third kappa shape index (κ3) is 3.08. The molecule has 1 atom stereocenters. The van der Waals surface area contributed by atoms with E-state index in [1.54, 1.807) is 0 Å². The zero-order chi connectivity index (χ0) is 8.97. The normalized spacial score (nSPS) is 23.0. The first kappa shape index (κ1) is 9.94. The van der Waals surface area contributed by atoms with Gasteiger partial charge in [0, 0.05) is 6.42 Å². The molecule has 0 spiro atoms. The molecule has 1 unspecified atom stereocenters. The van der Waals surface area contributed by atoms with Crippen LogP contribution in [0.1, 0.15) is 45.4 Å². The van der Waals surface area contributed by atoms with Crippen molar-refractivity contribution in [2.45, 2.75) is 51.9 Å². The number of halogens is 2. The van der Waals surface area contributed by atoms with Gasteiger partial charge in [-0.1, -0.05) is 39.0 Å². The van der Waals surface area contributed by atoms with Crippen molar-refractivity contribution in [2.75, 3.05) is 0 Å². The zero-order valence-electron chi connectivity index (χ0n) is 7.73. The topological polar surface area (TPSA) is 0 Å². The van der Waals surface area contributed by atoms with Crippen LogP contribution in [0.4, 0.5) is 8.78 Å². The fourth-order valence-electron chi connectivity index (χ4n) is 2.18. The minimum atomic E-state index is -2.11. The smallest absolute Gasteiger partial charge is 0.211 e. The number of rotatable bonds is 3.